The fourth-order valence-corrected chi connectivity index (χ4v) is 2.05. The molecule has 0 atom stereocenters. The van der Waals surface area contributed by atoms with Crippen molar-refractivity contribution < 1.29 is 42.6 Å². The molecule has 0 unspecified atom stereocenters. The monoisotopic (exact) mass is 400 g/mol. The number of halogens is 3. The van der Waals surface area contributed by atoms with Crippen molar-refractivity contribution >= 4 is 23.3 Å². The van der Waals surface area contributed by atoms with Gasteiger partial charge >= 0.3 is 12.1 Å². The molecule has 0 fully saturated rings. The maximum Gasteiger partial charge on any atom is 0.416 e. The summed E-state index contributed by atoms with van der Waals surface area (Å²) in [4.78, 5) is 33.4. The third-order valence-electron chi connectivity index (χ3n) is 3.33. The molecule has 2 aromatic carbocycles. The molecule has 0 radical (unpaired) electrons. The number of hydrogen-bond donors (Lipinski definition) is 3. The number of esters is 1. The van der Waals surface area contributed by atoms with Crippen LogP contribution < -0.4 is 5.32 Å². The molecule has 28 heavy (non-hydrogen) atoms. The van der Waals surface area contributed by atoms with E-state index in [-0.39, 0.29) is 17.4 Å². The normalized spacial score (nSPS) is 11.0. The van der Waals surface area contributed by atoms with Gasteiger partial charge in [0.2, 0.25) is 0 Å². The van der Waals surface area contributed by atoms with E-state index in [1.807, 2.05) is 5.32 Å². The van der Waals surface area contributed by atoms with Crippen LogP contribution in [0.5, 0.6) is 11.5 Å². The van der Waals surface area contributed by atoms with Gasteiger partial charge in [-0.3, -0.25) is 14.9 Å². The van der Waals surface area contributed by atoms with Crippen LogP contribution >= 0.6 is 0 Å². The van der Waals surface area contributed by atoms with E-state index in [0.717, 1.165) is 18.2 Å². The largest absolute Gasteiger partial charge is 0.508 e. The minimum atomic E-state index is -4.81. The van der Waals surface area contributed by atoms with Gasteiger partial charge in [-0.05, 0) is 24.3 Å². The van der Waals surface area contributed by atoms with Gasteiger partial charge in [0.25, 0.3) is 11.6 Å². The topological polar surface area (TPSA) is 139 Å². The number of alkyl halides is 3. The van der Waals surface area contributed by atoms with E-state index in [9.17, 15) is 38.0 Å². The lowest BCUT2D eigenvalue weighted by molar-refractivity contribution is -0.384. The van der Waals surface area contributed by atoms with E-state index >= 15 is 0 Å². The van der Waals surface area contributed by atoms with Crippen molar-refractivity contribution in [3.63, 3.8) is 0 Å². The SMILES string of the molecule is O=C(COC(=O)c1ccc(O)cc1O)Nc1ccc(C(F)(F)F)cc1[N+](=O)[O-]. The van der Waals surface area contributed by atoms with E-state index in [1.165, 1.54) is 0 Å². The molecule has 0 saturated heterocycles. The Morgan fingerprint density at radius 3 is 2.39 bits per heavy atom. The van der Waals surface area contributed by atoms with Crippen LogP contribution in [0.25, 0.3) is 0 Å². The first-order valence-corrected chi connectivity index (χ1v) is 7.33. The molecule has 0 saturated carbocycles. The number of nitro benzene ring substituents is 1. The molecule has 9 nitrogen and oxygen atoms in total. The maximum absolute atomic E-state index is 12.7. The average Bonchev–Trinajstić information content (AvgIpc) is 2.58. The predicted octanol–water partition coefficient (Wildman–Crippen LogP) is 2.82. The molecule has 0 bridgehead atoms. The molecule has 12 heteroatoms. The lowest BCUT2D eigenvalue weighted by atomic mass is 10.1. The van der Waals surface area contributed by atoms with Gasteiger partial charge in [0, 0.05) is 12.1 Å². The second kappa shape index (κ2) is 7.82. The number of carbonyl (C=O) groups excluding carboxylic acids is 2. The summed E-state index contributed by atoms with van der Waals surface area (Å²) in [6, 6.07) is 4.49. The summed E-state index contributed by atoms with van der Waals surface area (Å²) < 4.78 is 42.6. The van der Waals surface area contributed by atoms with E-state index in [4.69, 9.17) is 5.11 Å². The fourth-order valence-electron chi connectivity index (χ4n) is 2.05. The van der Waals surface area contributed by atoms with Gasteiger partial charge in [0.1, 0.15) is 22.7 Å². The van der Waals surface area contributed by atoms with Crippen molar-refractivity contribution in [3.05, 3.63) is 57.6 Å². The summed E-state index contributed by atoms with van der Waals surface area (Å²) in [7, 11) is 0. The van der Waals surface area contributed by atoms with Gasteiger partial charge in [-0.15, -0.1) is 0 Å². The second-order valence-electron chi connectivity index (χ2n) is 5.31. The smallest absolute Gasteiger partial charge is 0.416 e. The number of aromatic hydroxyl groups is 2. The molecule has 148 valence electrons. The lowest BCUT2D eigenvalue weighted by Crippen LogP contribution is -2.21. The van der Waals surface area contributed by atoms with Crippen LogP contribution in [0.15, 0.2) is 36.4 Å². The highest BCUT2D eigenvalue weighted by Gasteiger charge is 2.33. The van der Waals surface area contributed by atoms with Gasteiger partial charge < -0.3 is 20.3 Å². The van der Waals surface area contributed by atoms with Crippen molar-refractivity contribution in [3.8, 4) is 11.5 Å². The summed E-state index contributed by atoms with van der Waals surface area (Å²) >= 11 is 0. The quantitative estimate of drug-likeness (QED) is 0.398. The molecule has 2 rings (SSSR count). The van der Waals surface area contributed by atoms with Crippen LogP contribution in [0.1, 0.15) is 15.9 Å². The van der Waals surface area contributed by atoms with E-state index < -0.39 is 52.3 Å². The zero-order chi connectivity index (χ0) is 21.1. The summed E-state index contributed by atoms with van der Waals surface area (Å²) in [5.74, 6) is -3.12. The molecule has 0 aliphatic rings. The Balaban J connectivity index is 2.08. The molecular formula is C16H11F3N2O7. The number of anilines is 1. The van der Waals surface area contributed by atoms with Crippen LogP contribution in [0.3, 0.4) is 0 Å². The molecule has 1 amide bonds. The van der Waals surface area contributed by atoms with Crippen molar-refractivity contribution in [1.29, 1.82) is 0 Å². The van der Waals surface area contributed by atoms with E-state index in [1.54, 1.807) is 0 Å². The molecule has 0 aliphatic carbocycles. The highest BCUT2D eigenvalue weighted by molar-refractivity contribution is 5.97. The van der Waals surface area contributed by atoms with E-state index in [2.05, 4.69) is 4.74 Å². The minimum absolute atomic E-state index is 0.260. The molecule has 0 aromatic heterocycles. The highest BCUT2D eigenvalue weighted by Crippen LogP contribution is 2.35. The summed E-state index contributed by atoms with van der Waals surface area (Å²) in [5.41, 5.74) is -3.14. The Morgan fingerprint density at radius 1 is 1.14 bits per heavy atom. The zero-order valence-corrected chi connectivity index (χ0v) is 13.7. The van der Waals surface area contributed by atoms with Crippen LogP contribution in [0.2, 0.25) is 0 Å². The Labute approximate surface area is 154 Å². The predicted molar refractivity (Wildman–Crippen MR) is 86.8 cm³/mol. The number of carbonyl (C=O) groups is 2. The number of amides is 1. The maximum atomic E-state index is 12.7. The average molecular weight is 400 g/mol. The Hall–Kier alpha value is -3.83. The van der Waals surface area contributed by atoms with Crippen molar-refractivity contribution in [2.24, 2.45) is 0 Å². The molecule has 0 spiro atoms. The standard InChI is InChI=1S/C16H11F3N2O7/c17-16(18,19)8-1-4-11(12(5-8)21(26)27)20-14(24)7-28-15(25)10-3-2-9(22)6-13(10)23/h1-6,22-23H,7H2,(H,20,24). The zero-order valence-electron chi connectivity index (χ0n) is 13.7. The number of phenols is 2. The number of rotatable bonds is 5. The molecule has 2 aromatic rings. The Bertz CT molecular complexity index is 944. The van der Waals surface area contributed by atoms with Gasteiger partial charge in [-0.2, -0.15) is 13.2 Å². The summed E-state index contributed by atoms with van der Waals surface area (Å²) in [6.45, 7) is -0.933. The first kappa shape index (κ1) is 20.5. The number of benzene rings is 2. The van der Waals surface area contributed by atoms with Gasteiger partial charge in [0.15, 0.2) is 6.61 Å². The third kappa shape index (κ3) is 4.87. The third-order valence-corrected chi connectivity index (χ3v) is 3.33. The number of nitrogens with zero attached hydrogens (tertiary/aromatic N) is 1. The van der Waals surface area contributed by atoms with E-state index in [0.29, 0.717) is 12.1 Å². The number of nitro groups is 1. The molecule has 3 N–H and O–H groups in total. The fraction of sp³-hybridized carbons (Fsp3) is 0.125. The number of nitrogens with one attached hydrogen (secondary N) is 1. The lowest BCUT2D eigenvalue weighted by Gasteiger charge is -2.10. The summed E-state index contributed by atoms with van der Waals surface area (Å²) in [5, 5.41) is 31.6. The van der Waals surface area contributed by atoms with Crippen LogP contribution in [0, 0.1) is 10.1 Å². The van der Waals surface area contributed by atoms with Crippen LogP contribution in [-0.4, -0.2) is 33.6 Å². The van der Waals surface area contributed by atoms with Crippen LogP contribution in [-0.2, 0) is 15.7 Å². The highest BCUT2D eigenvalue weighted by atomic mass is 19.4. The number of hydrogen-bond acceptors (Lipinski definition) is 7. The van der Waals surface area contributed by atoms with Crippen molar-refractivity contribution in [2.75, 3.05) is 11.9 Å². The van der Waals surface area contributed by atoms with Gasteiger partial charge in [-0.25, -0.2) is 4.79 Å². The minimum Gasteiger partial charge on any atom is -0.508 e. The van der Waals surface area contributed by atoms with Crippen LogP contribution in [0.4, 0.5) is 24.5 Å². The Kier molecular flexibility index (Phi) is 5.72. The van der Waals surface area contributed by atoms with Gasteiger partial charge in [-0.1, -0.05) is 0 Å². The molecular weight excluding hydrogens is 389 g/mol. The van der Waals surface area contributed by atoms with Crippen molar-refractivity contribution in [1.82, 2.24) is 0 Å². The van der Waals surface area contributed by atoms with Crippen molar-refractivity contribution in [2.45, 2.75) is 6.18 Å². The first-order valence-electron chi connectivity index (χ1n) is 7.33. The molecule has 0 aliphatic heterocycles. The molecule has 0 heterocycles. The van der Waals surface area contributed by atoms with Gasteiger partial charge in [0.05, 0.1) is 10.5 Å². The number of phenolic OH excluding ortho intramolecular Hbond substituents is 2. The number of ether oxygens (including phenoxy) is 1. The summed E-state index contributed by atoms with van der Waals surface area (Å²) in [6.07, 6.45) is -4.81. The first-order chi connectivity index (χ1) is 13.0. The second-order valence-corrected chi connectivity index (χ2v) is 5.31. The Morgan fingerprint density at radius 2 is 1.82 bits per heavy atom.